The summed E-state index contributed by atoms with van der Waals surface area (Å²) in [5, 5.41) is 3.61. The van der Waals surface area contributed by atoms with Crippen LogP contribution in [0.1, 0.15) is 47.9 Å². The Labute approximate surface area is 277 Å². The van der Waals surface area contributed by atoms with Gasteiger partial charge in [0.2, 0.25) is 11.8 Å². The highest BCUT2D eigenvalue weighted by Gasteiger charge is 2.35. The fourth-order valence-electron chi connectivity index (χ4n) is 5.87. The number of aryl methyl sites for hydroxylation is 2. The number of rotatable bonds is 12. The molecule has 2 amide bonds. The lowest BCUT2D eigenvalue weighted by Crippen LogP contribution is -2.54. The molecule has 1 aliphatic rings. The van der Waals surface area contributed by atoms with Crippen molar-refractivity contribution in [3.63, 3.8) is 0 Å². The van der Waals surface area contributed by atoms with Crippen LogP contribution in [0.15, 0.2) is 108 Å². The van der Waals surface area contributed by atoms with E-state index in [2.05, 4.69) is 5.32 Å². The summed E-state index contributed by atoms with van der Waals surface area (Å²) in [7, 11) is -4.19. The molecule has 0 heterocycles. The van der Waals surface area contributed by atoms with Gasteiger partial charge in [-0.1, -0.05) is 96.7 Å². The number of carbonyl (C=O) groups excluding carboxylic acids is 2. The predicted octanol–water partition coefficient (Wildman–Crippen LogP) is 6.85. The van der Waals surface area contributed by atoms with Crippen molar-refractivity contribution in [3.05, 3.63) is 130 Å². The molecule has 5 rings (SSSR count). The number of anilines is 1. The highest BCUT2D eigenvalue weighted by atomic mass is 35.5. The molecule has 1 N–H and O–H groups in total. The second-order valence-electron chi connectivity index (χ2n) is 11.9. The van der Waals surface area contributed by atoms with E-state index < -0.39 is 28.5 Å². The maximum Gasteiger partial charge on any atom is 0.264 e. The van der Waals surface area contributed by atoms with E-state index in [1.54, 1.807) is 17.0 Å². The number of carbonyl (C=O) groups is 2. The molecule has 0 spiro atoms. The lowest BCUT2D eigenvalue weighted by molar-refractivity contribution is -0.140. The molecule has 0 radical (unpaired) electrons. The van der Waals surface area contributed by atoms with Crippen LogP contribution in [-0.4, -0.2) is 43.8 Å². The van der Waals surface area contributed by atoms with Crippen LogP contribution in [-0.2, 0) is 32.6 Å². The Morgan fingerprint density at radius 3 is 2.13 bits per heavy atom. The Morgan fingerprint density at radius 1 is 0.848 bits per heavy atom. The molecule has 46 heavy (non-hydrogen) atoms. The summed E-state index contributed by atoms with van der Waals surface area (Å²) >= 11 is 6.08. The maximum atomic E-state index is 14.6. The van der Waals surface area contributed by atoms with Crippen LogP contribution in [0.2, 0.25) is 5.02 Å². The van der Waals surface area contributed by atoms with Crippen LogP contribution in [0.5, 0.6) is 0 Å². The van der Waals surface area contributed by atoms with E-state index in [1.165, 1.54) is 24.3 Å². The third-order valence-electron chi connectivity index (χ3n) is 8.58. The average Bonchev–Trinajstić information content (AvgIpc) is 3.56. The molecule has 4 aromatic carbocycles. The molecular formula is C37H40ClN3O4S. The minimum Gasteiger partial charge on any atom is -0.352 e. The number of hydrogen-bond donors (Lipinski definition) is 1. The van der Waals surface area contributed by atoms with Gasteiger partial charge < -0.3 is 10.2 Å². The summed E-state index contributed by atoms with van der Waals surface area (Å²) in [4.78, 5) is 30.3. The Morgan fingerprint density at radius 2 is 1.48 bits per heavy atom. The Kier molecular flexibility index (Phi) is 10.8. The van der Waals surface area contributed by atoms with E-state index in [0.29, 0.717) is 10.7 Å². The summed E-state index contributed by atoms with van der Waals surface area (Å²) < 4.78 is 29.4. The van der Waals surface area contributed by atoms with Crippen LogP contribution in [0.4, 0.5) is 5.69 Å². The van der Waals surface area contributed by atoms with Gasteiger partial charge in [0.25, 0.3) is 10.0 Å². The lowest BCUT2D eigenvalue weighted by Gasteiger charge is -2.34. The third-order valence-corrected chi connectivity index (χ3v) is 10.6. The van der Waals surface area contributed by atoms with Crippen LogP contribution >= 0.6 is 11.6 Å². The van der Waals surface area contributed by atoms with Crippen molar-refractivity contribution in [2.45, 2.75) is 69.5 Å². The monoisotopic (exact) mass is 657 g/mol. The highest BCUT2D eigenvalue weighted by Crippen LogP contribution is 2.27. The topological polar surface area (TPSA) is 86.8 Å². The van der Waals surface area contributed by atoms with Gasteiger partial charge in [0.1, 0.15) is 12.6 Å². The summed E-state index contributed by atoms with van der Waals surface area (Å²) in [6.45, 7) is 3.52. The first kappa shape index (κ1) is 33.2. The van der Waals surface area contributed by atoms with Crippen molar-refractivity contribution < 1.29 is 18.0 Å². The first-order valence-electron chi connectivity index (χ1n) is 15.6. The zero-order chi connectivity index (χ0) is 32.7. The molecule has 1 atom stereocenters. The summed E-state index contributed by atoms with van der Waals surface area (Å²) in [6, 6.07) is 29.4. The van der Waals surface area contributed by atoms with Gasteiger partial charge in [0, 0.05) is 24.0 Å². The zero-order valence-electron chi connectivity index (χ0n) is 26.2. The number of halogens is 1. The lowest BCUT2D eigenvalue weighted by atomic mass is 10.0. The number of amides is 2. The summed E-state index contributed by atoms with van der Waals surface area (Å²) in [6.07, 6.45) is 4.18. The largest absolute Gasteiger partial charge is 0.352 e. The summed E-state index contributed by atoms with van der Waals surface area (Å²) in [5.74, 6) is -0.719. The quantitative estimate of drug-likeness (QED) is 0.181. The molecule has 7 nitrogen and oxygen atoms in total. The van der Waals surface area contributed by atoms with E-state index in [-0.39, 0.29) is 29.8 Å². The minimum atomic E-state index is -4.19. The predicted molar refractivity (Wildman–Crippen MR) is 183 cm³/mol. The van der Waals surface area contributed by atoms with Crippen LogP contribution in [0, 0.1) is 13.8 Å². The SMILES string of the molecule is Cc1ccc(N(CC(=O)N(Cc2ccccc2C)[C@@H](Cc2ccccc2)C(=O)NC2CCCC2)S(=O)(=O)c2ccc(Cl)cc2)cc1. The fourth-order valence-corrected chi connectivity index (χ4v) is 7.41. The van der Waals surface area contributed by atoms with E-state index in [4.69, 9.17) is 11.6 Å². The Balaban J connectivity index is 1.57. The molecule has 1 aliphatic carbocycles. The molecular weight excluding hydrogens is 618 g/mol. The molecule has 9 heteroatoms. The number of nitrogens with one attached hydrogen (secondary N) is 1. The van der Waals surface area contributed by atoms with E-state index in [0.717, 1.165) is 52.2 Å². The number of hydrogen-bond acceptors (Lipinski definition) is 4. The van der Waals surface area contributed by atoms with Gasteiger partial charge in [-0.15, -0.1) is 0 Å². The van der Waals surface area contributed by atoms with Crippen molar-refractivity contribution in [1.82, 2.24) is 10.2 Å². The molecule has 1 saturated carbocycles. The Hall–Kier alpha value is -4.14. The van der Waals surface area contributed by atoms with Gasteiger partial charge in [0.15, 0.2) is 0 Å². The minimum absolute atomic E-state index is 0.00976. The van der Waals surface area contributed by atoms with Gasteiger partial charge in [-0.05, 0) is 79.8 Å². The van der Waals surface area contributed by atoms with Gasteiger partial charge in [-0.25, -0.2) is 8.42 Å². The molecule has 0 aliphatic heterocycles. The maximum absolute atomic E-state index is 14.6. The van der Waals surface area contributed by atoms with E-state index >= 15 is 0 Å². The van der Waals surface area contributed by atoms with Gasteiger partial charge >= 0.3 is 0 Å². The molecule has 0 aromatic heterocycles. The molecule has 0 saturated heterocycles. The number of sulfonamides is 1. The molecule has 4 aromatic rings. The smallest absolute Gasteiger partial charge is 0.264 e. The molecule has 0 bridgehead atoms. The van der Waals surface area contributed by atoms with Crippen molar-refractivity contribution in [2.24, 2.45) is 0 Å². The second kappa shape index (κ2) is 15.0. The van der Waals surface area contributed by atoms with Crippen LogP contribution < -0.4 is 9.62 Å². The van der Waals surface area contributed by atoms with Crippen molar-refractivity contribution in [1.29, 1.82) is 0 Å². The van der Waals surface area contributed by atoms with Crippen LogP contribution in [0.25, 0.3) is 0 Å². The molecule has 240 valence electrons. The van der Waals surface area contributed by atoms with E-state index in [1.807, 2.05) is 80.6 Å². The first-order chi connectivity index (χ1) is 22.1. The normalized spacial score (nSPS) is 14.1. The standard InChI is InChI=1S/C37H40ClN3O4S/c1-27-16-20-33(21-17-27)41(46(44,45)34-22-18-31(38)19-23-34)26-36(42)40(25-30-13-7-6-10-28(30)2)35(24-29-11-4-3-5-12-29)37(43)39-32-14-8-9-15-32/h3-7,10-13,16-23,32,35H,8-9,14-15,24-26H2,1-2H3,(H,39,43)/t35-/m0/s1. The second-order valence-corrected chi connectivity index (χ2v) is 14.2. The van der Waals surface area contributed by atoms with Crippen LogP contribution in [0.3, 0.4) is 0 Å². The third kappa shape index (κ3) is 8.17. The number of nitrogens with zero attached hydrogens (tertiary/aromatic N) is 2. The molecule has 1 fully saturated rings. The first-order valence-corrected chi connectivity index (χ1v) is 17.5. The fraction of sp³-hybridized carbons (Fsp3) is 0.297. The zero-order valence-corrected chi connectivity index (χ0v) is 27.8. The summed E-state index contributed by atoms with van der Waals surface area (Å²) in [5.41, 5.74) is 4.05. The van der Waals surface area contributed by atoms with Crippen molar-refractivity contribution in [3.8, 4) is 0 Å². The van der Waals surface area contributed by atoms with E-state index in [9.17, 15) is 18.0 Å². The van der Waals surface area contributed by atoms with Gasteiger partial charge in [0.05, 0.1) is 10.6 Å². The van der Waals surface area contributed by atoms with Crippen molar-refractivity contribution >= 4 is 39.1 Å². The van der Waals surface area contributed by atoms with Gasteiger partial charge in [-0.3, -0.25) is 13.9 Å². The van der Waals surface area contributed by atoms with Crippen molar-refractivity contribution in [2.75, 3.05) is 10.8 Å². The average molecular weight is 658 g/mol. The van der Waals surface area contributed by atoms with Gasteiger partial charge in [-0.2, -0.15) is 0 Å². The Bertz CT molecular complexity index is 1740. The number of benzene rings is 4. The molecule has 0 unspecified atom stereocenters. The highest BCUT2D eigenvalue weighted by molar-refractivity contribution is 7.92.